The zero-order chi connectivity index (χ0) is 58.3. The molecule has 2 N–H and O–H groups in total. The highest BCUT2D eigenvalue weighted by atomic mass is 31.2. The average molecular weight is 1140 g/mol. The molecule has 0 radical (unpaired) electrons. The molecule has 3 unspecified atom stereocenters. The Bertz CT molecular complexity index is 1670. The van der Waals surface area contributed by atoms with E-state index >= 15 is 0 Å². The number of aliphatic hydroxyl groups excluding tert-OH is 1. The topological polar surface area (TPSA) is 155 Å². The van der Waals surface area contributed by atoms with Gasteiger partial charge in [-0.3, -0.25) is 23.4 Å². The third-order valence-electron chi connectivity index (χ3n) is 13.8. The molecule has 0 aliphatic carbocycles. The molecule has 11 nitrogen and oxygen atoms in total. The number of aliphatic hydroxyl groups is 1. The highest BCUT2D eigenvalue weighted by Gasteiger charge is 2.28. The number of esters is 3. The highest BCUT2D eigenvalue weighted by molar-refractivity contribution is 7.47. The van der Waals surface area contributed by atoms with Gasteiger partial charge in [0.15, 0.2) is 6.10 Å². The van der Waals surface area contributed by atoms with Crippen molar-refractivity contribution >= 4 is 25.7 Å². The minimum absolute atomic E-state index is 0.0969. The van der Waals surface area contributed by atoms with Crippen LogP contribution < -0.4 is 0 Å². The normalized spacial score (nSPS) is 13.8. The van der Waals surface area contributed by atoms with Crippen molar-refractivity contribution in [3.05, 3.63) is 85.1 Å². The summed E-state index contributed by atoms with van der Waals surface area (Å²) in [7, 11) is -4.77. The summed E-state index contributed by atoms with van der Waals surface area (Å²) in [6, 6.07) is 0. The van der Waals surface area contributed by atoms with Gasteiger partial charge in [0.2, 0.25) is 0 Å². The van der Waals surface area contributed by atoms with Gasteiger partial charge in [-0.05, 0) is 89.9 Å². The fourth-order valence-electron chi connectivity index (χ4n) is 8.89. The van der Waals surface area contributed by atoms with Gasteiger partial charge in [0.25, 0.3) is 0 Å². The maximum atomic E-state index is 13.0. The van der Waals surface area contributed by atoms with E-state index < -0.39 is 57.8 Å². The van der Waals surface area contributed by atoms with Gasteiger partial charge < -0.3 is 24.2 Å². The Morgan fingerprint density at radius 3 is 1.07 bits per heavy atom. The van der Waals surface area contributed by atoms with E-state index in [4.69, 9.17) is 23.3 Å². The number of hydrogen-bond donors (Lipinski definition) is 2. The first-order chi connectivity index (χ1) is 39.2. The minimum Gasteiger partial charge on any atom is -0.462 e. The monoisotopic (exact) mass is 1140 g/mol. The van der Waals surface area contributed by atoms with Gasteiger partial charge in [-0.15, -0.1) is 0 Å². The summed E-state index contributed by atoms with van der Waals surface area (Å²) in [4.78, 5) is 48.8. The number of ether oxygens (including phenoxy) is 3. The van der Waals surface area contributed by atoms with E-state index in [0.29, 0.717) is 25.7 Å². The molecule has 0 rings (SSSR count). The molecule has 0 aromatic heterocycles. The van der Waals surface area contributed by atoms with E-state index in [1.165, 1.54) is 141 Å². The van der Waals surface area contributed by atoms with E-state index in [9.17, 15) is 28.9 Å². The van der Waals surface area contributed by atoms with Crippen LogP contribution in [0.5, 0.6) is 0 Å². The Morgan fingerprint density at radius 1 is 0.362 bits per heavy atom. The van der Waals surface area contributed by atoms with E-state index in [2.05, 4.69) is 93.7 Å². The van der Waals surface area contributed by atoms with Crippen molar-refractivity contribution in [1.29, 1.82) is 0 Å². The molecular formula is C68H119O11P. The van der Waals surface area contributed by atoms with Crippen LogP contribution in [-0.2, 0) is 42.2 Å². The molecule has 0 bridgehead atoms. The van der Waals surface area contributed by atoms with Crippen LogP contribution in [0.3, 0.4) is 0 Å². The molecule has 0 saturated heterocycles. The molecule has 3 atom stereocenters. The maximum Gasteiger partial charge on any atom is 0.472 e. The lowest BCUT2D eigenvalue weighted by Crippen LogP contribution is -2.30. The number of phosphoric ester groups is 1. The summed E-state index contributed by atoms with van der Waals surface area (Å²) >= 11 is 0. The number of hydrogen-bond acceptors (Lipinski definition) is 10. The van der Waals surface area contributed by atoms with Gasteiger partial charge in [0, 0.05) is 19.3 Å². The van der Waals surface area contributed by atoms with Gasteiger partial charge in [0.05, 0.1) is 19.8 Å². The molecule has 0 saturated carbocycles. The second-order valence-corrected chi connectivity index (χ2v) is 23.0. The third-order valence-corrected chi connectivity index (χ3v) is 14.8. The maximum absolute atomic E-state index is 13.0. The number of phosphoric acid groups is 1. The number of carbonyl (C=O) groups is 3. The largest absolute Gasteiger partial charge is 0.472 e. The van der Waals surface area contributed by atoms with Gasteiger partial charge in [0.1, 0.15) is 12.7 Å². The average Bonchev–Trinajstić information content (AvgIpc) is 3.45. The van der Waals surface area contributed by atoms with Crippen molar-refractivity contribution in [2.24, 2.45) is 0 Å². The molecule has 0 aromatic rings. The van der Waals surface area contributed by atoms with Crippen molar-refractivity contribution in [3.8, 4) is 0 Å². The first kappa shape index (κ1) is 76.7. The number of rotatable bonds is 60. The van der Waals surface area contributed by atoms with Gasteiger partial charge in [-0.25, -0.2) is 4.57 Å². The van der Waals surface area contributed by atoms with Crippen LogP contribution in [0.1, 0.15) is 290 Å². The Hall–Kier alpha value is -3.34. The smallest absolute Gasteiger partial charge is 0.462 e. The number of allylic oxidation sites excluding steroid dienone is 14. The fraction of sp³-hybridized carbons (Fsp3) is 0.750. The van der Waals surface area contributed by atoms with Crippen LogP contribution in [0, 0.1) is 0 Å². The van der Waals surface area contributed by atoms with Crippen LogP contribution >= 0.6 is 7.82 Å². The lowest BCUT2D eigenvalue weighted by molar-refractivity contribution is -0.161. The quantitative estimate of drug-likeness (QED) is 0.0197. The predicted molar refractivity (Wildman–Crippen MR) is 334 cm³/mol. The summed E-state index contributed by atoms with van der Waals surface area (Å²) in [5.41, 5.74) is 0. The SMILES string of the molecule is CC/C=C\C/C=C\C/C=C\C/C=C\C/C=C\CCCC(=O)OC(CO)COP(=O)(O)OCC(COC(=O)CCCCCCCCC/C=C\C/C=C\CCCCC)OC(=O)CCCCCCCCCCCCCCCCCCCCC. The lowest BCUT2D eigenvalue weighted by Gasteiger charge is -2.21. The first-order valence-corrected chi connectivity index (χ1v) is 34.0. The molecule has 0 aromatic carbocycles. The van der Waals surface area contributed by atoms with Crippen molar-refractivity contribution in [2.45, 2.75) is 303 Å². The Balaban J connectivity index is 4.75. The zero-order valence-corrected chi connectivity index (χ0v) is 52.2. The predicted octanol–water partition coefficient (Wildman–Crippen LogP) is 19.8. The minimum atomic E-state index is -4.77. The fourth-order valence-corrected chi connectivity index (χ4v) is 9.68. The second-order valence-electron chi connectivity index (χ2n) is 21.6. The zero-order valence-electron chi connectivity index (χ0n) is 51.3. The molecular weight excluding hydrogens is 1020 g/mol. The standard InChI is InChI=1S/C68H119O11P/c1-4-7-10-13-16-19-22-25-28-31-32-35-38-41-44-47-50-53-56-59-68(72)79-65(61-75-66(70)57-54-51-48-45-42-39-36-33-29-26-23-20-17-14-11-8-5-2)63-77-80(73,74)76-62-64(60-69)78-67(71)58-55-52-49-46-43-40-37-34-30-27-24-21-18-15-12-9-6-3/h9,12,17-18,20-21,26-27,29-30,37,40,46,49,64-65,69H,4-8,10-11,13-16,19,22-25,28,31-36,38-39,41-45,47-48,50-63H2,1-3H3,(H,73,74)/b12-9-,20-17-,21-18-,29-26-,30-27-,40-37-,49-46-. The van der Waals surface area contributed by atoms with Crippen molar-refractivity contribution in [1.82, 2.24) is 0 Å². The van der Waals surface area contributed by atoms with Crippen LogP contribution in [0.25, 0.3) is 0 Å². The van der Waals surface area contributed by atoms with Crippen LogP contribution in [-0.4, -0.2) is 66.5 Å². The van der Waals surface area contributed by atoms with Gasteiger partial charge in [-0.2, -0.15) is 0 Å². The van der Waals surface area contributed by atoms with Gasteiger partial charge in [-0.1, -0.05) is 266 Å². The Labute approximate surface area is 490 Å². The van der Waals surface area contributed by atoms with Gasteiger partial charge >= 0.3 is 25.7 Å². The highest BCUT2D eigenvalue weighted by Crippen LogP contribution is 2.43. The summed E-state index contributed by atoms with van der Waals surface area (Å²) < 4.78 is 39.6. The van der Waals surface area contributed by atoms with E-state index in [1.807, 2.05) is 12.2 Å². The number of unbranched alkanes of at least 4 members (excludes halogenated alkanes) is 29. The molecule has 0 aliphatic rings. The summed E-state index contributed by atoms with van der Waals surface area (Å²) in [5, 5.41) is 9.84. The van der Waals surface area contributed by atoms with Crippen molar-refractivity contribution < 1.29 is 52.2 Å². The van der Waals surface area contributed by atoms with Crippen molar-refractivity contribution in [2.75, 3.05) is 26.4 Å². The van der Waals surface area contributed by atoms with E-state index in [-0.39, 0.29) is 25.9 Å². The first-order valence-electron chi connectivity index (χ1n) is 32.5. The summed E-state index contributed by atoms with van der Waals surface area (Å²) in [5.74, 6) is -1.52. The molecule has 12 heteroatoms. The van der Waals surface area contributed by atoms with Crippen molar-refractivity contribution in [3.63, 3.8) is 0 Å². The molecule has 0 amide bonds. The lowest BCUT2D eigenvalue weighted by atomic mass is 10.0. The molecule has 0 spiro atoms. The molecule has 0 aliphatic heterocycles. The van der Waals surface area contributed by atoms with Crippen LogP contribution in [0.2, 0.25) is 0 Å². The second kappa shape index (κ2) is 61.7. The van der Waals surface area contributed by atoms with Crippen LogP contribution in [0.4, 0.5) is 0 Å². The third kappa shape index (κ3) is 59.3. The molecule has 0 fully saturated rings. The summed E-state index contributed by atoms with van der Waals surface area (Å²) in [6.45, 7) is 4.48. The van der Waals surface area contributed by atoms with Crippen LogP contribution in [0.15, 0.2) is 85.1 Å². The molecule has 0 heterocycles. The molecule has 462 valence electrons. The Kier molecular flexibility index (Phi) is 59.1. The van der Waals surface area contributed by atoms with E-state index in [1.54, 1.807) is 0 Å². The molecule has 80 heavy (non-hydrogen) atoms. The Morgan fingerprint density at radius 2 is 0.662 bits per heavy atom. The summed E-state index contributed by atoms with van der Waals surface area (Å²) in [6.07, 6.45) is 72.5. The van der Waals surface area contributed by atoms with E-state index in [0.717, 1.165) is 83.5 Å². The number of carbonyl (C=O) groups excluding carboxylic acids is 3.